The smallest absolute Gasteiger partial charge is 0.273 e. The SMILES string of the molecule is O=C(COc1cccc([N+](=O)[O-])c1)N1CC(CO)C1. The molecule has 0 aromatic heterocycles. The Labute approximate surface area is 109 Å². The zero-order valence-corrected chi connectivity index (χ0v) is 10.2. The van der Waals surface area contributed by atoms with E-state index in [1.807, 2.05) is 0 Å². The van der Waals surface area contributed by atoms with E-state index in [-0.39, 0.29) is 30.7 Å². The van der Waals surface area contributed by atoms with Crippen LogP contribution in [-0.4, -0.2) is 47.1 Å². The maximum absolute atomic E-state index is 11.7. The highest BCUT2D eigenvalue weighted by Gasteiger charge is 2.29. The zero-order valence-electron chi connectivity index (χ0n) is 10.2. The Morgan fingerprint density at radius 1 is 1.53 bits per heavy atom. The molecule has 0 radical (unpaired) electrons. The summed E-state index contributed by atoms with van der Waals surface area (Å²) < 4.78 is 5.23. The molecule has 1 aromatic rings. The third-order valence-corrected chi connectivity index (χ3v) is 2.96. The van der Waals surface area contributed by atoms with Gasteiger partial charge in [-0.25, -0.2) is 0 Å². The van der Waals surface area contributed by atoms with Gasteiger partial charge < -0.3 is 14.7 Å². The van der Waals surface area contributed by atoms with Gasteiger partial charge in [0.05, 0.1) is 11.0 Å². The minimum absolute atomic E-state index is 0.0748. The topological polar surface area (TPSA) is 92.9 Å². The van der Waals surface area contributed by atoms with Gasteiger partial charge >= 0.3 is 0 Å². The number of nitro groups is 1. The molecule has 0 atom stereocenters. The minimum Gasteiger partial charge on any atom is -0.484 e. The molecular weight excluding hydrogens is 252 g/mol. The van der Waals surface area contributed by atoms with Crippen molar-refractivity contribution in [1.82, 2.24) is 4.90 Å². The van der Waals surface area contributed by atoms with Crippen molar-refractivity contribution in [2.75, 3.05) is 26.3 Å². The highest BCUT2D eigenvalue weighted by molar-refractivity contribution is 5.78. The molecule has 1 aromatic carbocycles. The molecule has 1 aliphatic heterocycles. The third kappa shape index (κ3) is 3.19. The van der Waals surface area contributed by atoms with Gasteiger partial charge in [0.1, 0.15) is 5.75 Å². The van der Waals surface area contributed by atoms with Crippen LogP contribution in [0, 0.1) is 16.0 Å². The number of benzene rings is 1. The van der Waals surface area contributed by atoms with E-state index in [0.29, 0.717) is 18.8 Å². The highest BCUT2D eigenvalue weighted by atomic mass is 16.6. The van der Waals surface area contributed by atoms with Gasteiger partial charge in [0.2, 0.25) is 0 Å². The van der Waals surface area contributed by atoms with E-state index in [1.165, 1.54) is 18.2 Å². The molecule has 7 nitrogen and oxygen atoms in total. The summed E-state index contributed by atoms with van der Waals surface area (Å²) in [7, 11) is 0. The van der Waals surface area contributed by atoms with Crippen LogP contribution < -0.4 is 4.74 Å². The quantitative estimate of drug-likeness (QED) is 0.616. The summed E-state index contributed by atoms with van der Waals surface area (Å²) in [6.07, 6.45) is 0. The lowest BCUT2D eigenvalue weighted by Gasteiger charge is -2.38. The van der Waals surface area contributed by atoms with E-state index >= 15 is 0 Å². The Morgan fingerprint density at radius 3 is 2.89 bits per heavy atom. The van der Waals surface area contributed by atoms with Crippen molar-refractivity contribution in [3.63, 3.8) is 0 Å². The molecule has 2 rings (SSSR count). The van der Waals surface area contributed by atoms with Gasteiger partial charge in [0.25, 0.3) is 11.6 Å². The number of aliphatic hydroxyl groups is 1. The molecular formula is C12H14N2O5. The lowest BCUT2D eigenvalue weighted by molar-refractivity contribution is -0.384. The van der Waals surface area contributed by atoms with Crippen molar-refractivity contribution >= 4 is 11.6 Å². The Hall–Kier alpha value is -2.15. The number of hydrogen-bond acceptors (Lipinski definition) is 5. The first kappa shape index (κ1) is 13.3. The molecule has 0 unspecified atom stereocenters. The average Bonchev–Trinajstić information content (AvgIpc) is 2.35. The Bertz CT molecular complexity index is 485. The fraction of sp³-hybridized carbons (Fsp3) is 0.417. The number of nitrogens with zero attached hydrogens (tertiary/aromatic N) is 2. The molecule has 0 bridgehead atoms. The second-order valence-electron chi connectivity index (χ2n) is 4.39. The predicted octanol–water partition coefficient (Wildman–Crippen LogP) is 0.424. The first-order chi connectivity index (χ1) is 9.10. The van der Waals surface area contributed by atoms with Crippen molar-refractivity contribution < 1.29 is 19.6 Å². The van der Waals surface area contributed by atoms with Crippen LogP contribution in [0.25, 0.3) is 0 Å². The van der Waals surface area contributed by atoms with E-state index in [2.05, 4.69) is 0 Å². The van der Waals surface area contributed by atoms with Gasteiger partial charge in [-0.3, -0.25) is 14.9 Å². The second kappa shape index (κ2) is 5.66. The Balaban J connectivity index is 1.84. The van der Waals surface area contributed by atoms with E-state index in [1.54, 1.807) is 11.0 Å². The van der Waals surface area contributed by atoms with Crippen LogP contribution in [0.15, 0.2) is 24.3 Å². The molecule has 19 heavy (non-hydrogen) atoms. The number of non-ortho nitro benzene ring substituents is 1. The van der Waals surface area contributed by atoms with Crippen molar-refractivity contribution in [3.8, 4) is 5.75 Å². The standard InChI is InChI=1S/C12H14N2O5/c15-7-9-5-13(6-9)12(16)8-19-11-3-1-2-10(4-11)14(17)18/h1-4,9,15H,5-8H2. The molecule has 1 saturated heterocycles. The second-order valence-corrected chi connectivity index (χ2v) is 4.39. The first-order valence-electron chi connectivity index (χ1n) is 5.86. The summed E-state index contributed by atoms with van der Waals surface area (Å²) in [6, 6.07) is 5.70. The zero-order chi connectivity index (χ0) is 13.8. The molecule has 7 heteroatoms. The molecule has 1 amide bonds. The number of rotatable bonds is 5. The molecule has 0 spiro atoms. The molecule has 0 saturated carbocycles. The highest BCUT2D eigenvalue weighted by Crippen LogP contribution is 2.20. The van der Waals surface area contributed by atoms with Gasteiger partial charge in [0.15, 0.2) is 6.61 Å². The van der Waals surface area contributed by atoms with Crippen molar-refractivity contribution in [2.24, 2.45) is 5.92 Å². The molecule has 1 aliphatic rings. The van der Waals surface area contributed by atoms with E-state index < -0.39 is 4.92 Å². The van der Waals surface area contributed by atoms with Gasteiger partial charge in [-0.2, -0.15) is 0 Å². The predicted molar refractivity (Wildman–Crippen MR) is 65.7 cm³/mol. The van der Waals surface area contributed by atoms with Crippen LogP contribution >= 0.6 is 0 Å². The number of ether oxygens (including phenoxy) is 1. The van der Waals surface area contributed by atoms with Crippen LogP contribution in [0.4, 0.5) is 5.69 Å². The molecule has 1 heterocycles. The number of carbonyl (C=O) groups excluding carboxylic acids is 1. The average molecular weight is 266 g/mol. The van der Waals surface area contributed by atoms with Crippen LogP contribution in [0.2, 0.25) is 0 Å². The van der Waals surface area contributed by atoms with Crippen molar-refractivity contribution in [2.45, 2.75) is 0 Å². The van der Waals surface area contributed by atoms with Gasteiger partial charge in [-0.15, -0.1) is 0 Å². The van der Waals surface area contributed by atoms with Gasteiger partial charge in [-0.1, -0.05) is 6.07 Å². The summed E-state index contributed by atoms with van der Waals surface area (Å²) in [5.41, 5.74) is -0.0748. The lowest BCUT2D eigenvalue weighted by Crippen LogP contribution is -2.52. The summed E-state index contributed by atoms with van der Waals surface area (Å²) in [5, 5.41) is 19.4. The molecule has 1 N–H and O–H groups in total. The Kier molecular flexibility index (Phi) is 3.96. The van der Waals surface area contributed by atoms with Crippen LogP contribution in [0.1, 0.15) is 0 Å². The summed E-state index contributed by atoms with van der Waals surface area (Å²) in [5.74, 6) is 0.264. The number of aliphatic hydroxyl groups excluding tert-OH is 1. The fourth-order valence-corrected chi connectivity index (χ4v) is 1.81. The summed E-state index contributed by atoms with van der Waals surface area (Å²) in [6.45, 7) is 0.996. The molecule has 1 fully saturated rings. The normalized spacial score (nSPS) is 14.9. The molecule has 102 valence electrons. The van der Waals surface area contributed by atoms with E-state index in [4.69, 9.17) is 9.84 Å². The fourth-order valence-electron chi connectivity index (χ4n) is 1.81. The first-order valence-corrected chi connectivity index (χ1v) is 5.86. The van der Waals surface area contributed by atoms with Crippen LogP contribution in [0.5, 0.6) is 5.75 Å². The maximum Gasteiger partial charge on any atom is 0.273 e. The number of amides is 1. The van der Waals surface area contributed by atoms with Crippen molar-refractivity contribution in [1.29, 1.82) is 0 Å². The largest absolute Gasteiger partial charge is 0.484 e. The van der Waals surface area contributed by atoms with E-state index in [9.17, 15) is 14.9 Å². The number of likely N-dealkylation sites (tertiary alicyclic amines) is 1. The van der Waals surface area contributed by atoms with Crippen LogP contribution in [0.3, 0.4) is 0 Å². The number of hydrogen-bond donors (Lipinski definition) is 1. The van der Waals surface area contributed by atoms with E-state index in [0.717, 1.165) is 0 Å². The summed E-state index contributed by atoms with van der Waals surface area (Å²) >= 11 is 0. The number of nitro benzene ring substituents is 1. The van der Waals surface area contributed by atoms with Crippen LogP contribution in [-0.2, 0) is 4.79 Å². The molecule has 0 aliphatic carbocycles. The lowest BCUT2D eigenvalue weighted by atomic mass is 10.0. The Morgan fingerprint density at radius 2 is 2.26 bits per heavy atom. The summed E-state index contributed by atoms with van der Waals surface area (Å²) in [4.78, 5) is 23.3. The third-order valence-electron chi connectivity index (χ3n) is 2.96. The monoisotopic (exact) mass is 266 g/mol. The minimum atomic E-state index is -0.518. The van der Waals surface area contributed by atoms with Gasteiger partial charge in [0, 0.05) is 31.7 Å². The number of carbonyl (C=O) groups is 1. The maximum atomic E-state index is 11.7. The van der Waals surface area contributed by atoms with Crippen molar-refractivity contribution in [3.05, 3.63) is 34.4 Å². The van der Waals surface area contributed by atoms with Gasteiger partial charge in [-0.05, 0) is 6.07 Å².